The number of aromatic nitrogens is 6. The first-order chi connectivity index (χ1) is 21.5. The number of carbonyl (C=O) groups excluding carboxylic acids is 2. The maximum atomic E-state index is 15.8. The topological polar surface area (TPSA) is 111 Å². The van der Waals surface area contributed by atoms with Gasteiger partial charge < -0.3 is 9.64 Å². The van der Waals surface area contributed by atoms with E-state index >= 15 is 4.39 Å². The van der Waals surface area contributed by atoms with Gasteiger partial charge in [-0.2, -0.15) is 5.10 Å². The van der Waals surface area contributed by atoms with Crippen LogP contribution in [0, 0.1) is 5.82 Å². The summed E-state index contributed by atoms with van der Waals surface area (Å²) < 4.78 is 24.7. The lowest BCUT2D eigenvalue weighted by Crippen LogP contribution is -2.53. The molecule has 12 heteroatoms. The number of hydrogen-bond donors (Lipinski definition) is 0. The van der Waals surface area contributed by atoms with Crippen molar-refractivity contribution in [3.05, 3.63) is 78.6 Å². The van der Waals surface area contributed by atoms with Crippen LogP contribution in [0.4, 0.5) is 15.0 Å². The van der Waals surface area contributed by atoms with Crippen LogP contribution in [0.3, 0.4) is 0 Å². The monoisotopic (exact) mass is 610 g/mol. The summed E-state index contributed by atoms with van der Waals surface area (Å²) in [5, 5.41) is 13.8. The van der Waals surface area contributed by atoms with Crippen molar-refractivity contribution in [2.45, 2.75) is 45.3 Å². The smallest absolute Gasteiger partial charge is 0.410 e. The molecule has 3 aromatic heterocycles. The van der Waals surface area contributed by atoms with Crippen LogP contribution in [0.1, 0.15) is 44.0 Å². The van der Waals surface area contributed by atoms with E-state index in [9.17, 15) is 9.59 Å². The van der Waals surface area contributed by atoms with Crippen LogP contribution >= 0.6 is 0 Å². The van der Waals surface area contributed by atoms with Crippen molar-refractivity contribution in [3.8, 4) is 22.4 Å². The highest BCUT2D eigenvalue weighted by atomic mass is 19.1. The predicted molar refractivity (Wildman–Crippen MR) is 168 cm³/mol. The van der Waals surface area contributed by atoms with E-state index in [1.165, 1.54) is 16.8 Å². The molecule has 4 heterocycles. The SMILES string of the molecule is Cn1cc(-c2ccc3c(N(C(=O)c4ccc(-c5cn(C)nn5)cc4F)[C@@H]4CCCN(C(=O)OC(C)(C)C)C4)nccc3c2)cn1. The second-order valence-electron chi connectivity index (χ2n) is 12.3. The number of likely N-dealkylation sites (tertiary alicyclic amines) is 1. The normalized spacial score (nSPS) is 15.3. The zero-order chi connectivity index (χ0) is 31.9. The molecular formula is C33H35FN8O3. The average Bonchev–Trinajstić information content (AvgIpc) is 3.64. The maximum absolute atomic E-state index is 15.8. The molecule has 0 radical (unpaired) electrons. The fraction of sp³-hybridized carbons (Fsp3) is 0.333. The van der Waals surface area contributed by atoms with Crippen molar-refractivity contribution in [2.24, 2.45) is 14.1 Å². The lowest BCUT2D eigenvalue weighted by Gasteiger charge is -2.39. The number of piperidine rings is 1. The van der Waals surface area contributed by atoms with Crippen LogP contribution in [0.25, 0.3) is 33.2 Å². The molecule has 1 aliphatic heterocycles. The van der Waals surface area contributed by atoms with Gasteiger partial charge in [-0.3, -0.25) is 19.1 Å². The number of benzene rings is 2. The van der Waals surface area contributed by atoms with E-state index < -0.39 is 29.5 Å². The van der Waals surface area contributed by atoms with Gasteiger partial charge in [0.1, 0.15) is 22.9 Å². The van der Waals surface area contributed by atoms with Gasteiger partial charge in [0.15, 0.2) is 0 Å². The molecule has 45 heavy (non-hydrogen) atoms. The summed E-state index contributed by atoms with van der Waals surface area (Å²) in [6.07, 6.45) is 7.82. The van der Waals surface area contributed by atoms with Gasteiger partial charge in [0.05, 0.1) is 24.0 Å². The van der Waals surface area contributed by atoms with Crippen molar-refractivity contribution in [1.82, 2.24) is 34.7 Å². The van der Waals surface area contributed by atoms with Gasteiger partial charge in [-0.1, -0.05) is 23.4 Å². The second kappa shape index (κ2) is 11.8. The number of aryl methyl sites for hydroxylation is 2. The first-order valence-corrected chi connectivity index (χ1v) is 14.8. The molecule has 0 unspecified atom stereocenters. The van der Waals surface area contributed by atoms with Crippen LogP contribution in [0.2, 0.25) is 0 Å². The minimum absolute atomic E-state index is 0.109. The van der Waals surface area contributed by atoms with Gasteiger partial charge >= 0.3 is 6.09 Å². The molecule has 11 nitrogen and oxygen atoms in total. The van der Waals surface area contributed by atoms with E-state index in [-0.39, 0.29) is 12.1 Å². The average molecular weight is 611 g/mol. The van der Waals surface area contributed by atoms with Crippen LogP contribution in [-0.2, 0) is 18.8 Å². The molecule has 0 spiro atoms. The van der Waals surface area contributed by atoms with Crippen molar-refractivity contribution in [2.75, 3.05) is 18.0 Å². The number of anilines is 1. The lowest BCUT2D eigenvalue weighted by atomic mass is 10.00. The fourth-order valence-electron chi connectivity index (χ4n) is 5.65. The van der Waals surface area contributed by atoms with Crippen LogP contribution in [0.5, 0.6) is 0 Å². The first-order valence-electron chi connectivity index (χ1n) is 14.8. The van der Waals surface area contributed by atoms with Gasteiger partial charge in [0, 0.05) is 56.1 Å². The summed E-state index contributed by atoms with van der Waals surface area (Å²) in [5.74, 6) is -0.846. The molecule has 1 atom stereocenters. The predicted octanol–water partition coefficient (Wildman–Crippen LogP) is 5.62. The Hall–Kier alpha value is -5.13. The van der Waals surface area contributed by atoms with Crippen molar-refractivity contribution < 1.29 is 18.7 Å². The summed E-state index contributed by atoms with van der Waals surface area (Å²) in [6.45, 7) is 6.15. The summed E-state index contributed by atoms with van der Waals surface area (Å²) in [4.78, 5) is 35.3. The molecule has 6 rings (SSSR count). The maximum Gasteiger partial charge on any atom is 0.410 e. The molecule has 0 saturated carbocycles. The molecule has 0 N–H and O–H groups in total. The number of pyridine rings is 1. The Bertz CT molecular complexity index is 1890. The number of ether oxygens (including phenoxy) is 1. The fourth-order valence-corrected chi connectivity index (χ4v) is 5.65. The highest BCUT2D eigenvalue weighted by Crippen LogP contribution is 2.34. The Morgan fingerprint density at radius 2 is 1.80 bits per heavy atom. The third-order valence-electron chi connectivity index (χ3n) is 7.74. The van der Waals surface area contributed by atoms with E-state index in [4.69, 9.17) is 4.74 Å². The molecule has 2 aromatic carbocycles. The molecule has 0 bridgehead atoms. The minimum Gasteiger partial charge on any atom is -0.444 e. The zero-order valence-electron chi connectivity index (χ0n) is 25.9. The second-order valence-corrected chi connectivity index (χ2v) is 12.3. The molecule has 0 aliphatic carbocycles. The Balaban J connectivity index is 1.42. The quantitative estimate of drug-likeness (QED) is 0.254. The number of amides is 2. The summed E-state index contributed by atoms with van der Waals surface area (Å²) in [6, 6.07) is 11.7. The standard InChI is InChI=1S/C33H35FN8O3/c1-33(2,3)45-32(44)41-14-6-7-25(19-41)42(31(43)27-11-9-23(16-28(27)34)29-20-40(5)38-37-29)30-26-10-8-21(15-22(26)12-13-35-30)24-17-36-39(4)18-24/h8-13,15-18,20,25H,6-7,14,19H2,1-5H3/t25-/m1/s1. The van der Waals surface area contributed by atoms with E-state index in [2.05, 4.69) is 20.4 Å². The van der Waals surface area contributed by atoms with Crippen LogP contribution in [0.15, 0.2) is 67.3 Å². The molecule has 1 fully saturated rings. The highest BCUT2D eigenvalue weighted by Gasteiger charge is 2.36. The van der Waals surface area contributed by atoms with Crippen LogP contribution < -0.4 is 4.90 Å². The number of rotatable bonds is 5. The number of carbonyl (C=O) groups is 2. The van der Waals surface area contributed by atoms with Gasteiger partial charge in [-0.05, 0) is 68.8 Å². The summed E-state index contributed by atoms with van der Waals surface area (Å²) >= 11 is 0. The number of hydrogen-bond acceptors (Lipinski definition) is 7. The number of nitrogens with zero attached hydrogens (tertiary/aromatic N) is 8. The van der Waals surface area contributed by atoms with Crippen LogP contribution in [-0.4, -0.2) is 71.4 Å². The minimum atomic E-state index is -0.688. The Kier molecular flexibility index (Phi) is 7.81. The molecular weight excluding hydrogens is 575 g/mol. The molecule has 232 valence electrons. The first kappa shape index (κ1) is 29.9. The molecule has 5 aromatic rings. The van der Waals surface area contributed by atoms with E-state index in [1.54, 1.807) is 46.2 Å². The Morgan fingerprint density at radius 3 is 2.49 bits per heavy atom. The Morgan fingerprint density at radius 1 is 1.00 bits per heavy atom. The Labute approximate surface area is 260 Å². The van der Waals surface area contributed by atoms with Gasteiger partial charge in [-0.25, -0.2) is 14.2 Å². The summed E-state index contributed by atoms with van der Waals surface area (Å²) in [5.41, 5.74) is 2.14. The number of fused-ring (bicyclic) bond motifs is 1. The van der Waals surface area contributed by atoms with Crippen molar-refractivity contribution in [1.29, 1.82) is 0 Å². The molecule has 1 aliphatic rings. The van der Waals surface area contributed by atoms with E-state index in [0.717, 1.165) is 21.9 Å². The van der Waals surface area contributed by atoms with Crippen molar-refractivity contribution >= 4 is 28.6 Å². The lowest BCUT2D eigenvalue weighted by molar-refractivity contribution is 0.0196. The third kappa shape index (κ3) is 6.26. The van der Waals surface area contributed by atoms with Gasteiger partial charge in [0.2, 0.25) is 0 Å². The zero-order valence-corrected chi connectivity index (χ0v) is 25.9. The summed E-state index contributed by atoms with van der Waals surface area (Å²) in [7, 11) is 3.59. The van der Waals surface area contributed by atoms with Gasteiger partial charge in [-0.15, -0.1) is 5.10 Å². The van der Waals surface area contributed by atoms with Gasteiger partial charge in [0.25, 0.3) is 5.91 Å². The number of halogens is 1. The highest BCUT2D eigenvalue weighted by molar-refractivity contribution is 6.10. The van der Waals surface area contributed by atoms with E-state index in [0.29, 0.717) is 36.5 Å². The molecule has 2 amide bonds. The van der Waals surface area contributed by atoms with Crippen molar-refractivity contribution in [3.63, 3.8) is 0 Å². The largest absolute Gasteiger partial charge is 0.444 e. The molecule has 1 saturated heterocycles. The third-order valence-corrected chi connectivity index (χ3v) is 7.74. The van der Waals surface area contributed by atoms with E-state index in [1.807, 2.05) is 58.3 Å².